The average Bonchev–Trinajstić information content (AvgIpc) is 1.82. The Morgan fingerprint density at radius 2 is 1.82 bits per heavy atom. The molecule has 62 valence electrons. The van der Waals surface area contributed by atoms with Crippen LogP contribution in [0.3, 0.4) is 0 Å². The standard InChI is InChI=1S/C6H4BrF2N.ClH/c7-4-1-3(8)2-5(9)6(4)10;/h1-2H,10H2;1H. The molecule has 0 amide bonds. The van der Waals surface area contributed by atoms with Crippen LogP contribution in [-0.2, 0) is 0 Å². The van der Waals surface area contributed by atoms with E-state index in [1.807, 2.05) is 0 Å². The molecule has 1 nitrogen and oxygen atoms in total. The van der Waals surface area contributed by atoms with E-state index < -0.39 is 11.6 Å². The molecule has 11 heavy (non-hydrogen) atoms. The molecule has 2 N–H and O–H groups in total. The summed E-state index contributed by atoms with van der Waals surface area (Å²) < 4.78 is 25.0. The molecular weight excluding hydrogens is 239 g/mol. The molecule has 5 heteroatoms. The number of anilines is 1. The Bertz CT molecular complexity index is 244. The Balaban J connectivity index is 0.000001000. The first kappa shape index (κ1) is 10.7. The number of nitrogens with two attached hydrogens (primary N) is 1. The van der Waals surface area contributed by atoms with E-state index in [4.69, 9.17) is 5.73 Å². The zero-order chi connectivity index (χ0) is 7.72. The van der Waals surface area contributed by atoms with Gasteiger partial charge in [0, 0.05) is 10.5 Å². The Hall–Kier alpha value is -0.350. The largest absolute Gasteiger partial charge is 0.395 e. The number of hydrogen-bond donors (Lipinski definition) is 1. The van der Waals surface area contributed by atoms with Crippen molar-refractivity contribution in [1.29, 1.82) is 0 Å². The smallest absolute Gasteiger partial charge is 0.150 e. The van der Waals surface area contributed by atoms with Gasteiger partial charge in [-0.2, -0.15) is 0 Å². The second kappa shape index (κ2) is 3.88. The molecule has 1 aromatic carbocycles. The third kappa shape index (κ3) is 2.31. The molecule has 1 aromatic rings. The van der Waals surface area contributed by atoms with Crippen molar-refractivity contribution in [1.82, 2.24) is 0 Å². The molecular formula is C6H5BrClF2N. The van der Waals surface area contributed by atoms with Gasteiger partial charge in [0.1, 0.15) is 11.6 Å². The average molecular weight is 244 g/mol. The Labute approximate surface area is 77.1 Å². The van der Waals surface area contributed by atoms with Crippen LogP contribution in [0.2, 0.25) is 0 Å². The quantitative estimate of drug-likeness (QED) is 0.698. The van der Waals surface area contributed by atoms with E-state index in [1.54, 1.807) is 0 Å². The highest BCUT2D eigenvalue weighted by Gasteiger charge is 2.04. The van der Waals surface area contributed by atoms with Crippen molar-refractivity contribution in [3.8, 4) is 0 Å². The first-order chi connectivity index (χ1) is 4.61. The molecule has 0 saturated heterocycles. The lowest BCUT2D eigenvalue weighted by molar-refractivity contribution is 0.585. The normalized spacial score (nSPS) is 9.00. The minimum Gasteiger partial charge on any atom is -0.395 e. The van der Waals surface area contributed by atoms with Crippen LogP contribution in [0.1, 0.15) is 0 Å². The topological polar surface area (TPSA) is 26.0 Å². The number of rotatable bonds is 0. The van der Waals surface area contributed by atoms with Gasteiger partial charge in [0.25, 0.3) is 0 Å². The van der Waals surface area contributed by atoms with E-state index in [0.717, 1.165) is 12.1 Å². The summed E-state index contributed by atoms with van der Waals surface area (Å²) in [4.78, 5) is 0. The third-order valence-corrected chi connectivity index (χ3v) is 1.70. The van der Waals surface area contributed by atoms with Crippen LogP contribution < -0.4 is 5.73 Å². The molecule has 0 aliphatic rings. The molecule has 1 rings (SSSR count). The molecule has 0 saturated carbocycles. The Kier molecular flexibility index (Phi) is 3.75. The second-order valence-corrected chi connectivity index (χ2v) is 2.64. The Morgan fingerprint density at radius 1 is 1.27 bits per heavy atom. The van der Waals surface area contributed by atoms with Crippen molar-refractivity contribution in [2.45, 2.75) is 0 Å². The van der Waals surface area contributed by atoms with Gasteiger partial charge in [-0.3, -0.25) is 0 Å². The van der Waals surface area contributed by atoms with Crippen LogP contribution in [0.25, 0.3) is 0 Å². The fraction of sp³-hybridized carbons (Fsp3) is 0. The van der Waals surface area contributed by atoms with Crippen molar-refractivity contribution in [2.75, 3.05) is 5.73 Å². The van der Waals surface area contributed by atoms with Crippen LogP contribution in [0, 0.1) is 11.6 Å². The van der Waals surface area contributed by atoms with Crippen molar-refractivity contribution >= 4 is 34.0 Å². The maximum atomic E-state index is 12.4. The van der Waals surface area contributed by atoms with Gasteiger partial charge in [0.15, 0.2) is 0 Å². The van der Waals surface area contributed by atoms with Gasteiger partial charge in [-0.05, 0) is 22.0 Å². The summed E-state index contributed by atoms with van der Waals surface area (Å²) in [5.41, 5.74) is 5.09. The van der Waals surface area contributed by atoms with E-state index in [2.05, 4.69) is 15.9 Å². The predicted molar refractivity (Wildman–Crippen MR) is 45.7 cm³/mol. The lowest BCUT2D eigenvalue weighted by atomic mass is 10.3. The van der Waals surface area contributed by atoms with Gasteiger partial charge in [0.2, 0.25) is 0 Å². The minimum absolute atomic E-state index is 0. The monoisotopic (exact) mass is 243 g/mol. The summed E-state index contributed by atoms with van der Waals surface area (Å²) in [5.74, 6) is -1.38. The maximum absolute atomic E-state index is 12.4. The molecule has 0 heterocycles. The Morgan fingerprint density at radius 3 is 2.27 bits per heavy atom. The lowest BCUT2D eigenvalue weighted by Gasteiger charge is -1.98. The maximum Gasteiger partial charge on any atom is 0.150 e. The van der Waals surface area contributed by atoms with E-state index in [1.165, 1.54) is 0 Å². The fourth-order valence-electron chi connectivity index (χ4n) is 0.553. The third-order valence-electron chi connectivity index (χ3n) is 1.04. The van der Waals surface area contributed by atoms with E-state index in [0.29, 0.717) is 0 Å². The van der Waals surface area contributed by atoms with Gasteiger partial charge in [-0.1, -0.05) is 0 Å². The van der Waals surface area contributed by atoms with E-state index in [-0.39, 0.29) is 22.6 Å². The van der Waals surface area contributed by atoms with Gasteiger partial charge in [-0.15, -0.1) is 12.4 Å². The van der Waals surface area contributed by atoms with Crippen LogP contribution >= 0.6 is 28.3 Å². The summed E-state index contributed by atoms with van der Waals surface area (Å²) in [6.07, 6.45) is 0. The highest BCUT2D eigenvalue weighted by Crippen LogP contribution is 2.22. The van der Waals surface area contributed by atoms with Gasteiger partial charge < -0.3 is 5.73 Å². The molecule has 0 fully saturated rings. The van der Waals surface area contributed by atoms with Gasteiger partial charge in [-0.25, -0.2) is 8.78 Å². The zero-order valence-electron chi connectivity index (χ0n) is 5.27. The molecule has 0 atom stereocenters. The summed E-state index contributed by atoms with van der Waals surface area (Å²) in [5, 5.41) is 0. The van der Waals surface area contributed by atoms with E-state index in [9.17, 15) is 8.78 Å². The first-order valence-electron chi connectivity index (χ1n) is 2.51. The van der Waals surface area contributed by atoms with Crippen LogP contribution in [0.5, 0.6) is 0 Å². The molecule has 0 unspecified atom stereocenters. The van der Waals surface area contributed by atoms with Crippen LogP contribution in [0.4, 0.5) is 14.5 Å². The summed E-state index contributed by atoms with van der Waals surface area (Å²) in [7, 11) is 0. The van der Waals surface area contributed by atoms with Gasteiger partial charge in [0.05, 0.1) is 5.69 Å². The van der Waals surface area contributed by atoms with Crippen molar-refractivity contribution in [3.05, 3.63) is 28.2 Å². The summed E-state index contributed by atoms with van der Waals surface area (Å²) >= 11 is 2.89. The van der Waals surface area contributed by atoms with Gasteiger partial charge >= 0.3 is 0 Å². The minimum atomic E-state index is -0.744. The molecule has 0 aromatic heterocycles. The zero-order valence-corrected chi connectivity index (χ0v) is 7.68. The van der Waals surface area contributed by atoms with Crippen molar-refractivity contribution < 1.29 is 8.78 Å². The molecule has 0 aliphatic heterocycles. The molecule has 0 bridgehead atoms. The second-order valence-electron chi connectivity index (χ2n) is 1.78. The van der Waals surface area contributed by atoms with Crippen LogP contribution in [-0.4, -0.2) is 0 Å². The van der Waals surface area contributed by atoms with Crippen molar-refractivity contribution in [2.24, 2.45) is 0 Å². The number of halogens is 4. The fourth-order valence-corrected chi connectivity index (χ4v) is 0.961. The number of hydrogen-bond acceptors (Lipinski definition) is 1. The summed E-state index contributed by atoms with van der Waals surface area (Å²) in [6.45, 7) is 0. The molecule has 0 spiro atoms. The SMILES string of the molecule is Cl.Nc1c(F)cc(F)cc1Br. The van der Waals surface area contributed by atoms with E-state index >= 15 is 0 Å². The first-order valence-corrected chi connectivity index (χ1v) is 3.30. The summed E-state index contributed by atoms with van der Waals surface area (Å²) in [6, 6.07) is 1.85. The lowest BCUT2D eigenvalue weighted by Crippen LogP contribution is -1.92. The molecule has 0 radical (unpaired) electrons. The number of nitrogen functional groups attached to an aromatic ring is 1. The van der Waals surface area contributed by atoms with Crippen molar-refractivity contribution in [3.63, 3.8) is 0 Å². The number of benzene rings is 1. The van der Waals surface area contributed by atoms with Crippen LogP contribution in [0.15, 0.2) is 16.6 Å². The highest BCUT2D eigenvalue weighted by molar-refractivity contribution is 9.10. The highest BCUT2D eigenvalue weighted by atomic mass is 79.9. The molecule has 0 aliphatic carbocycles. The predicted octanol–water partition coefficient (Wildman–Crippen LogP) is 2.73.